The topological polar surface area (TPSA) is 33.4 Å². The highest BCUT2D eigenvalue weighted by Crippen LogP contribution is 2.24. The van der Waals surface area contributed by atoms with Gasteiger partial charge in [-0.3, -0.25) is 9.56 Å². The van der Waals surface area contributed by atoms with E-state index < -0.39 is 0 Å². The number of hydrogen-bond acceptors (Lipinski definition) is 3. The monoisotopic (exact) mass is 274 g/mol. The predicted molar refractivity (Wildman–Crippen MR) is 77.3 cm³/mol. The van der Waals surface area contributed by atoms with Crippen molar-refractivity contribution in [1.82, 2.24) is 14.5 Å². The molecule has 19 heavy (non-hydrogen) atoms. The van der Waals surface area contributed by atoms with Crippen LogP contribution in [0.4, 0.5) is 0 Å². The van der Waals surface area contributed by atoms with Crippen LogP contribution in [0.5, 0.6) is 0 Å². The van der Waals surface area contributed by atoms with Gasteiger partial charge in [0.05, 0.1) is 24.1 Å². The van der Waals surface area contributed by atoms with Gasteiger partial charge in [-0.05, 0) is 32.3 Å². The summed E-state index contributed by atoms with van der Waals surface area (Å²) >= 11 is 6.06. The number of hydrogen-bond donors (Lipinski definition) is 0. The van der Waals surface area contributed by atoms with E-state index in [-0.39, 0.29) is 0 Å². The van der Waals surface area contributed by atoms with Gasteiger partial charge in [0, 0.05) is 23.3 Å². The first-order chi connectivity index (χ1) is 9.15. The standard InChI is InChI=1S/C14H15ClN4/c1-18(2)9-12-7-17-14-8-16-6-10-5-11(15)3-4-13(10)19(12)14/h3-7H,8-9H2,1-2H3. The quantitative estimate of drug-likeness (QED) is 0.843. The molecule has 0 N–H and O–H groups in total. The third-order valence-electron chi connectivity index (χ3n) is 3.08. The molecule has 1 aliphatic heterocycles. The lowest BCUT2D eigenvalue weighted by Gasteiger charge is -2.15. The lowest BCUT2D eigenvalue weighted by atomic mass is 10.2. The summed E-state index contributed by atoms with van der Waals surface area (Å²) in [5, 5.41) is 0.725. The van der Waals surface area contributed by atoms with Gasteiger partial charge in [-0.2, -0.15) is 0 Å². The number of aromatic nitrogens is 2. The Morgan fingerprint density at radius 3 is 3.00 bits per heavy atom. The van der Waals surface area contributed by atoms with Gasteiger partial charge in [0.25, 0.3) is 0 Å². The summed E-state index contributed by atoms with van der Waals surface area (Å²) in [7, 11) is 4.10. The second-order valence-electron chi connectivity index (χ2n) is 4.91. The molecule has 0 spiro atoms. The number of benzene rings is 1. The van der Waals surface area contributed by atoms with E-state index in [1.54, 1.807) is 0 Å². The summed E-state index contributed by atoms with van der Waals surface area (Å²) < 4.78 is 2.18. The van der Waals surface area contributed by atoms with Crippen molar-refractivity contribution in [1.29, 1.82) is 0 Å². The van der Waals surface area contributed by atoms with E-state index in [9.17, 15) is 0 Å². The summed E-state index contributed by atoms with van der Waals surface area (Å²) in [5.41, 5.74) is 3.29. The molecule has 3 rings (SSSR count). The van der Waals surface area contributed by atoms with Gasteiger partial charge in [0.2, 0.25) is 0 Å². The Labute approximate surface area is 117 Å². The molecule has 0 unspecified atom stereocenters. The summed E-state index contributed by atoms with van der Waals surface area (Å²) in [5.74, 6) is 0.967. The lowest BCUT2D eigenvalue weighted by Crippen LogP contribution is -2.15. The van der Waals surface area contributed by atoms with Gasteiger partial charge < -0.3 is 4.90 Å². The van der Waals surface area contributed by atoms with Gasteiger partial charge in [0.1, 0.15) is 5.82 Å². The Kier molecular flexibility index (Phi) is 3.12. The summed E-state index contributed by atoms with van der Waals surface area (Å²) in [6.07, 6.45) is 3.80. The van der Waals surface area contributed by atoms with E-state index >= 15 is 0 Å². The second kappa shape index (κ2) is 4.79. The van der Waals surface area contributed by atoms with E-state index in [2.05, 4.69) is 33.5 Å². The lowest BCUT2D eigenvalue weighted by molar-refractivity contribution is 0.393. The fourth-order valence-corrected chi connectivity index (χ4v) is 2.51. The SMILES string of the molecule is CN(C)Cc1cnc2n1-c1ccc(Cl)cc1C=NC2. The largest absolute Gasteiger partial charge is 0.304 e. The fraction of sp³-hybridized carbons (Fsp3) is 0.286. The third kappa shape index (κ3) is 2.29. The first-order valence-corrected chi connectivity index (χ1v) is 6.53. The van der Waals surface area contributed by atoms with Gasteiger partial charge in [0.15, 0.2) is 0 Å². The molecule has 0 atom stereocenters. The van der Waals surface area contributed by atoms with Gasteiger partial charge in [-0.15, -0.1) is 0 Å². The molecule has 1 aromatic carbocycles. The Balaban J connectivity index is 2.18. The van der Waals surface area contributed by atoms with E-state index in [1.807, 2.05) is 30.6 Å². The average molecular weight is 275 g/mol. The average Bonchev–Trinajstić information content (AvgIpc) is 2.64. The van der Waals surface area contributed by atoms with Gasteiger partial charge in [-0.1, -0.05) is 11.6 Å². The molecule has 0 bridgehead atoms. The van der Waals surface area contributed by atoms with E-state index in [0.717, 1.165) is 34.3 Å². The number of aliphatic imine (C=N–C) groups is 1. The molecule has 2 aromatic rings. The van der Waals surface area contributed by atoms with Crippen LogP contribution in [0, 0.1) is 0 Å². The Hall–Kier alpha value is -1.65. The van der Waals surface area contributed by atoms with Gasteiger partial charge >= 0.3 is 0 Å². The molecule has 0 fully saturated rings. The summed E-state index contributed by atoms with van der Waals surface area (Å²) in [6, 6.07) is 5.87. The first kappa shape index (κ1) is 12.4. The highest BCUT2D eigenvalue weighted by atomic mass is 35.5. The van der Waals surface area contributed by atoms with Crippen LogP contribution in [-0.4, -0.2) is 34.8 Å². The molecular formula is C14H15ClN4. The Morgan fingerprint density at radius 2 is 2.21 bits per heavy atom. The van der Waals surface area contributed by atoms with Crippen molar-refractivity contribution >= 4 is 17.8 Å². The second-order valence-corrected chi connectivity index (χ2v) is 5.35. The molecule has 2 heterocycles. The van der Waals surface area contributed by atoms with Gasteiger partial charge in [-0.25, -0.2) is 4.98 Å². The van der Waals surface area contributed by atoms with E-state index in [0.29, 0.717) is 6.54 Å². The first-order valence-electron chi connectivity index (χ1n) is 6.15. The molecule has 5 heteroatoms. The molecule has 0 saturated carbocycles. The van der Waals surface area contributed by atoms with E-state index in [4.69, 9.17) is 11.6 Å². The summed E-state index contributed by atoms with van der Waals surface area (Å²) in [6.45, 7) is 1.44. The van der Waals surface area contributed by atoms with E-state index in [1.165, 1.54) is 0 Å². The number of nitrogens with zero attached hydrogens (tertiary/aromatic N) is 4. The minimum atomic E-state index is 0.597. The zero-order valence-corrected chi connectivity index (χ0v) is 11.7. The van der Waals surface area contributed by atoms with Crippen LogP contribution in [-0.2, 0) is 13.1 Å². The Bertz CT molecular complexity index is 643. The number of rotatable bonds is 2. The van der Waals surface area contributed by atoms with Crippen LogP contribution < -0.4 is 0 Å². The van der Waals surface area contributed by atoms with Crippen LogP contribution in [0.1, 0.15) is 17.1 Å². The molecule has 4 nitrogen and oxygen atoms in total. The third-order valence-corrected chi connectivity index (χ3v) is 3.31. The molecule has 0 saturated heterocycles. The molecular weight excluding hydrogens is 260 g/mol. The van der Waals surface area contributed by atoms with Crippen LogP contribution in [0.25, 0.3) is 5.69 Å². The van der Waals surface area contributed by atoms with Crippen molar-refractivity contribution in [2.45, 2.75) is 13.1 Å². The van der Waals surface area contributed by atoms with Crippen LogP contribution >= 0.6 is 11.6 Å². The highest BCUT2D eigenvalue weighted by molar-refractivity contribution is 6.31. The van der Waals surface area contributed by atoms with Crippen molar-refractivity contribution in [3.63, 3.8) is 0 Å². The molecule has 0 amide bonds. The van der Waals surface area contributed by atoms with Crippen molar-refractivity contribution in [3.05, 3.63) is 46.5 Å². The normalized spacial score (nSPS) is 13.3. The van der Waals surface area contributed by atoms with Crippen molar-refractivity contribution < 1.29 is 0 Å². The van der Waals surface area contributed by atoms with Crippen LogP contribution in [0.2, 0.25) is 5.02 Å². The van der Waals surface area contributed by atoms with Crippen molar-refractivity contribution in [3.8, 4) is 5.69 Å². The molecule has 1 aromatic heterocycles. The summed E-state index contributed by atoms with van der Waals surface area (Å²) in [4.78, 5) is 11.0. The number of halogens is 1. The molecule has 0 radical (unpaired) electrons. The number of imidazole rings is 1. The maximum Gasteiger partial charge on any atom is 0.135 e. The van der Waals surface area contributed by atoms with Crippen LogP contribution in [0.3, 0.4) is 0 Å². The fourth-order valence-electron chi connectivity index (χ4n) is 2.33. The molecule has 98 valence electrons. The Morgan fingerprint density at radius 1 is 1.37 bits per heavy atom. The molecule has 0 aliphatic carbocycles. The zero-order valence-electron chi connectivity index (χ0n) is 11.0. The minimum Gasteiger partial charge on any atom is -0.304 e. The molecule has 1 aliphatic rings. The highest BCUT2D eigenvalue weighted by Gasteiger charge is 2.16. The smallest absolute Gasteiger partial charge is 0.135 e. The maximum atomic E-state index is 6.06. The predicted octanol–water partition coefficient (Wildman–Crippen LogP) is 2.52. The van der Waals surface area contributed by atoms with Crippen molar-refractivity contribution in [2.24, 2.45) is 4.99 Å². The van der Waals surface area contributed by atoms with Crippen molar-refractivity contribution in [2.75, 3.05) is 14.1 Å². The van der Waals surface area contributed by atoms with Crippen LogP contribution in [0.15, 0.2) is 29.4 Å². The number of fused-ring (bicyclic) bond motifs is 3. The zero-order chi connectivity index (χ0) is 13.4. The minimum absolute atomic E-state index is 0.597. The maximum absolute atomic E-state index is 6.06.